The van der Waals surface area contributed by atoms with Gasteiger partial charge in [-0.2, -0.15) is 4.98 Å². The molecule has 0 spiro atoms. The number of ether oxygens (including phenoxy) is 1. The number of nitrogens with zero attached hydrogens (tertiary/aromatic N) is 2. The van der Waals surface area contributed by atoms with Crippen molar-refractivity contribution >= 4 is 0 Å². The summed E-state index contributed by atoms with van der Waals surface area (Å²) in [7, 11) is 1.63. The molecular formula is C9H15N3O2. The van der Waals surface area contributed by atoms with Gasteiger partial charge in [0.2, 0.25) is 5.89 Å². The molecule has 78 valence electrons. The summed E-state index contributed by atoms with van der Waals surface area (Å²) in [4.78, 5) is 4.29. The second-order valence-electron chi connectivity index (χ2n) is 3.51. The first kappa shape index (κ1) is 9.61. The highest BCUT2D eigenvalue weighted by atomic mass is 16.5. The standard InChI is InChI=1S/C9H15N3O2/c1-13-6-8-11-9(14-12-8)7-2-4-10-5-3-7/h7,10H,2-6H2,1H3. The average Bonchev–Trinajstić information content (AvgIpc) is 2.68. The fraction of sp³-hybridized carbons (Fsp3) is 0.778. The van der Waals surface area contributed by atoms with Crippen molar-refractivity contribution < 1.29 is 9.26 Å². The second-order valence-corrected chi connectivity index (χ2v) is 3.51. The van der Waals surface area contributed by atoms with Crippen molar-refractivity contribution in [2.45, 2.75) is 25.4 Å². The summed E-state index contributed by atoms with van der Waals surface area (Å²) in [5, 5.41) is 7.15. The summed E-state index contributed by atoms with van der Waals surface area (Å²) in [5.41, 5.74) is 0. The summed E-state index contributed by atoms with van der Waals surface area (Å²) < 4.78 is 10.1. The highest BCUT2D eigenvalue weighted by Crippen LogP contribution is 2.23. The van der Waals surface area contributed by atoms with Crippen LogP contribution in [0.4, 0.5) is 0 Å². The molecule has 5 nitrogen and oxygen atoms in total. The first-order valence-corrected chi connectivity index (χ1v) is 4.92. The van der Waals surface area contributed by atoms with Gasteiger partial charge in [-0.25, -0.2) is 0 Å². The maximum absolute atomic E-state index is 5.19. The third-order valence-corrected chi connectivity index (χ3v) is 2.45. The minimum atomic E-state index is 0.425. The molecule has 0 aromatic carbocycles. The lowest BCUT2D eigenvalue weighted by Gasteiger charge is -2.18. The molecule has 14 heavy (non-hydrogen) atoms. The molecule has 1 saturated heterocycles. The third kappa shape index (κ3) is 2.10. The van der Waals surface area contributed by atoms with Gasteiger partial charge in [-0.15, -0.1) is 0 Å². The number of nitrogens with one attached hydrogen (secondary N) is 1. The molecule has 1 aliphatic heterocycles. The van der Waals surface area contributed by atoms with E-state index in [1.54, 1.807) is 7.11 Å². The SMILES string of the molecule is COCc1noc(C2CCNCC2)n1. The molecule has 1 aliphatic rings. The molecule has 2 rings (SSSR count). The van der Waals surface area contributed by atoms with E-state index in [1.807, 2.05) is 0 Å². The first-order valence-electron chi connectivity index (χ1n) is 4.92. The summed E-state index contributed by atoms with van der Waals surface area (Å²) in [6, 6.07) is 0. The van der Waals surface area contributed by atoms with Gasteiger partial charge in [0.1, 0.15) is 6.61 Å². The van der Waals surface area contributed by atoms with E-state index in [0.717, 1.165) is 31.8 Å². The number of piperidine rings is 1. The molecule has 0 aliphatic carbocycles. The van der Waals surface area contributed by atoms with E-state index in [2.05, 4.69) is 15.5 Å². The minimum Gasteiger partial charge on any atom is -0.377 e. The molecule has 0 bridgehead atoms. The van der Waals surface area contributed by atoms with Crippen LogP contribution in [0.15, 0.2) is 4.52 Å². The number of aromatic nitrogens is 2. The highest BCUT2D eigenvalue weighted by molar-refractivity contribution is 4.95. The van der Waals surface area contributed by atoms with Gasteiger partial charge in [0.25, 0.3) is 0 Å². The molecule has 0 atom stereocenters. The summed E-state index contributed by atoms with van der Waals surface area (Å²) in [5.74, 6) is 1.83. The van der Waals surface area contributed by atoms with E-state index < -0.39 is 0 Å². The zero-order chi connectivity index (χ0) is 9.80. The Hall–Kier alpha value is -0.940. The average molecular weight is 197 g/mol. The maximum Gasteiger partial charge on any atom is 0.229 e. The summed E-state index contributed by atoms with van der Waals surface area (Å²) >= 11 is 0. The van der Waals surface area contributed by atoms with E-state index in [9.17, 15) is 0 Å². The number of rotatable bonds is 3. The van der Waals surface area contributed by atoms with Crippen molar-refractivity contribution in [3.63, 3.8) is 0 Å². The van der Waals surface area contributed by atoms with Crippen molar-refractivity contribution in [2.24, 2.45) is 0 Å². The van der Waals surface area contributed by atoms with Gasteiger partial charge in [-0.05, 0) is 25.9 Å². The number of hydrogen-bond donors (Lipinski definition) is 1. The molecule has 2 heterocycles. The lowest BCUT2D eigenvalue weighted by Crippen LogP contribution is -2.26. The van der Waals surface area contributed by atoms with E-state index in [-0.39, 0.29) is 0 Å². The Morgan fingerprint density at radius 1 is 1.50 bits per heavy atom. The largest absolute Gasteiger partial charge is 0.377 e. The molecule has 1 N–H and O–H groups in total. The smallest absolute Gasteiger partial charge is 0.229 e. The molecule has 1 aromatic heterocycles. The summed E-state index contributed by atoms with van der Waals surface area (Å²) in [6.45, 7) is 2.49. The molecule has 5 heteroatoms. The van der Waals surface area contributed by atoms with Crippen LogP contribution in [0.25, 0.3) is 0 Å². The normalized spacial score (nSPS) is 18.6. The second kappa shape index (κ2) is 4.52. The predicted octanol–water partition coefficient (Wildman–Crippen LogP) is 0.683. The Kier molecular flexibility index (Phi) is 3.10. The zero-order valence-corrected chi connectivity index (χ0v) is 8.32. The van der Waals surface area contributed by atoms with E-state index in [0.29, 0.717) is 18.3 Å². The fourth-order valence-electron chi connectivity index (χ4n) is 1.69. The van der Waals surface area contributed by atoms with Crippen LogP contribution in [0.1, 0.15) is 30.5 Å². The lowest BCUT2D eigenvalue weighted by atomic mass is 9.98. The molecule has 1 aromatic rings. The van der Waals surface area contributed by atoms with Crippen molar-refractivity contribution in [1.82, 2.24) is 15.5 Å². The van der Waals surface area contributed by atoms with Gasteiger partial charge in [-0.1, -0.05) is 5.16 Å². The van der Waals surface area contributed by atoms with Crippen LogP contribution < -0.4 is 5.32 Å². The Morgan fingerprint density at radius 2 is 2.29 bits per heavy atom. The van der Waals surface area contributed by atoms with E-state index >= 15 is 0 Å². The number of hydrogen-bond acceptors (Lipinski definition) is 5. The van der Waals surface area contributed by atoms with Crippen molar-refractivity contribution in [2.75, 3.05) is 20.2 Å². The van der Waals surface area contributed by atoms with Crippen molar-refractivity contribution in [3.8, 4) is 0 Å². The Morgan fingerprint density at radius 3 is 3.00 bits per heavy atom. The van der Waals surface area contributed by atoms with Gasteiger partial charge >= 0.3 is 0 Å². The van der Waals surface area contributed by atoms with E-state index in [4.69, 9.17) is 9.26 Å². The molecule has 0 radical (unpaired) electrons. The summed E-state index contributed by atoms with van der Waals surface area (Å²) in [6.07, 6.45) is 2.16. The predicted molar refractivity (Wildman–Crippen MR) is 49.9 cm³/mol. The molecule has 1 fully saturated rings. The monoisotopic (exact) mass is 197 g/mol. The fourth-order valence-corrected chi connectivity index (χ4v) is 1.69. The van der Waals surface area contributed by atoms with Gasteiger partial charge in [0, 0.05) is 13.0 Å². The molecule has 0 amide bonds. The zero-order valence-electron chi connectivity index (χ0n) is 8.32. The lowest BCUT2D eigenvalue weighted by molar-refractivity contribution is 0.174. The maximum atomic E-state index is 5.19. The van der Waals surface area contributed by atoms with Crippen molar-refractivity contribution in [1.29, 1.82) is 0 Å². The Labute approximate surface area is 82.8 Å². The van der Waals surface area contributed by atoms with E-state index in [1.165, 1.54) is 0 Å². The van der Waals surface area contributed by atoms with Crippen LogP contribution >= 0.6 is 0 Å². The van der Waals surface area contributed by atoms with Crippen LogP contribution in [0.5, 0.6) is 0 Å². The van der Waals surface area contributed by atoms with Crippen LogP contribution in [0.3, 0.4) is 0 Å². The molecule has 0 saturated carbocycles. The van der Waals surface area contributed by atoms with Gasteiger partial charge in [0.05, 0.1) is 0 Å². The van der Waals surface area contributed by atoms with Gasteiger partial charge in [0.15, 0.2) is 5.82 Å². The molecule has 0 unspecified atom stereocenters. The Bertz CT molecular complexity index is 281. The Balaban J connectivity index is 2.00. The van der Waals surface area contributed by atoms with Crippen LogP contribution in [-0.2, 0) is 11.3 Å². The quantitative estimate of drug-likeness (QED) is 0.772. The topological polar surface area (TPSA) is 60.2 Å². The highest BCUT2D eigenvalue weighted by Gasteiger charge is 2.20. The van der Waals surface area contributed by atoms with Gasteiger partial charge in [-0.3, -0.25) is 0 Å². The van der Waals surface area contributed by atoms with Crippen LogP contribution in [0.2, 0.25) is 0 Å². The van der Waals surface area contributed by atoms with Crippen LogP contribution in [0, 0.1) is 0 Å². The minimum absolute atomic E-state index is 0.425. The first-order chi connectivity index (χ1) is 6.90. The van der Waals surface area contributed by atoms with Crippen molar-refractivity contribution in [3.05, 3.63) is 11.7 Å². The third-order valence-electron chi connectivity index (χ3n) is 2.45. The van der Waals surface area contributed by atoms with Gasteiger partial charge < -0.3 is 14.6 Å². The van der Waals surface area contributed by atoms with Crippen LogP contribution in [-0.4, -0.2) is 30.3 Å². The molecular weight excluding hydrogens is 182 g/mol. The number of methoxy groups -OCH3 is 1.